The Balaban J connectivity index is 2.29. The number of hydrogen-bond donors (Lipinski definition) is 1. The monoisotopic (exact) mass is 327 g/mol. The lowest BCUT2D eigenvalue weighted by atomic mass is 10.1. The first-order chi connectivity index (χ1) is 10.3. The molecule has 0 atom stereocenters. The quantitative estimate of drug-likeness (QED) is 0.840. The smallest absolute Gasteiger partial charge is 0.406 e. The lowest BCUT2D eigenvalue weighted by Gasteiger charge is -2.14. The van der Waals surface area contributed by atoms with Crippen LogP contribution in [0, 0.1) is 18.3 Å². The summed E-state index contributed by atoms with van der Waals surface area (Å²) in [4.78, 5) is 3.79. The van der Waals surface area contributed by atoms with Crippen molar-refractivity contribution in [2.24, 2.45) is 0 Å². The molecule has 8 heteroatoms. The molecule has 0 aliphatic heterocycles. The number of nitriles is 1. The van der Waals surface area contributed by atoms with Crippen molar-refractivity contribution in [1.29, 1.82) is 5.26 Å². The van der Waals surface area contributed by atoms with Gasteiger partial charge in [-0.3, -0.25) is 0 Å². The minimum absolute atomic E-state index is 0.0437. The molecule has 0 aliphatic carbocycles. The Kier molecular flexibility index (Phi) is 4.43. The zero-order valence-corrected chi connectivity index (χ0v) is 12.0. The molecular formula is C14H9ClF3N3O. The zero-order chi connectivity index (χ0) is 16.3. The van der Waals surface area contributed by atoms with Crippen LogP contribution in [-0.4, -0.2) is 11.3 Å². The number of nitrogens with one attached hydrogen (secondary N) is 1. The zero-order valence-electron chi connectivity index (χ0n) is 11.2. The molecule has 2 rings (SSSR count). The second-order valence-electron chi connectivity index (χ2n) is 4.29. The number of halogens is 4. The average molecular weight is 328 g/mol. The molecular weight excluding hydrogens is 319 g/mol. The van der Waals surface area contributed by atoms with Gasteiger partial charge < -0.3 is 10.1 Å². The van der Waals surface area contributed by atoms with E-state index in [0.29, 0.717) is 16.9 Å². The molecule has 0 saturated carbocycles. The largest absolute Gasteiger partial charge is 0.573 e. The van der Waals surface area contributed by atoms with Gasteiger partial charge in [0.15, 0.2) is 0 Å². The van der Waals surface area contributed by atoms with Gasteiger partial charge >= 0.3 is 6.36 Å². The number of ether oxygens (including phenoxy) is 1. The Bertz CT molecular complexity index is 741. The first-order valence-electron chi connectivity index (χ1n) is 5.98. The summed E-state index contributed by atoms with van der Waals surface area (Å²) in [5.41, 5.74) is 1.60. The lowest BCUT2D eigenvalue weighted by molar-refractivity contribution is -0.274. The fourth-order valence-corrected chi connectivity index (χ4v) is 1.97. The summed E-state index contributed by atoms with van der Waals surface area (Å²) in [5, 5.41) is 12.0. The van der Waals surface area contributed by atoms with E-state index in [-0.39, 0.29) is 16.5 Å². The second-order valence-corrected chi connectivity index (χ2v) is 4.64. The van der Waals surface area contributed by atoms with Gasteiger partial charge in [0.05, 0.1) is 5.69 Å². The Morgan fingerprint density at radius 1 is 1.27 bits per heavy atom. The van der Waals surface area contributed by atoms with Gasteiger partial charge in [0.2, 0.25) is 0 Å². The second kappa shape index (κ2) is 6.12. The van der Waals surface area contributed by atoms with E-state index in [1.807, 2.05) is 6.07 Å². The van der Waals surface area contributed by atoms with Crippen LogP contribution < -0.4 is 10.1 Å². The third kappa shape index (κ3) is 3.80. The molecule has 1 aromatic heterocycles. The fourth-order valence-electron chi connectivity index (χ4n) is 1.77. The van der Waals surface area contributed by atoms with E-state index in [1.165, 1.54) is 24.4 Å². The molecule has 0 saturated heterocycles. The standard InChI is InChI=1S/C14H9ClF3N3O/c1-8-6-9(22-14(16,17)18)2-3-11(8)21-12-4-5-20-13(15)10(12)7-19/h2-6H,1H3,(H,20,21). The SMILES string of the molecule is Cc1cc(OC(F)(F)F)ccc1Nc1ccnc(Cl)c1C#N. The van der Waals surface area contributed by atoms with E-state index < -0.39 is 6.36 Å². The van der Waals surface area contributed by atoms with Gasteiger partial charge in [-0.05, 0) is 36.8 Å². The highest BCUT2D eigenvalue weighted by molar-refractivity contribution is 6.30. The molecule has 0 radical (unpaired) electrons. The van der Waals surface area contributed by atoms with Gasteiger partial charge in [-0.15, -0.1) is 13.2 Å². The van der Waals surface area contributed by atoms with Crippen LogP contribution in [0.15, 0.2) is 30.5 Å². The maximum atomic E-state index is 12.2. The number of aryl methyl sites for hydroxylation is 1. The van der Waals surface area contributed by atoms with Crippen molar-refractivity contribution in [3.05, 3.63) is 46.7 Å². The molecule has 22 heavy (non-hydrogen) atoms. The summed E-state index contributed by atoms with van der Waals surface area (Å²) in [6.45, 7) is 1.61. The van der Waals surface area contributed by atoms with Crippen LogP contribution in [0.5, 0.6) is 5.75 Å². The van der Waals surface area contributed by atoms with Crippen molar-refractivity contribution in [2.45, 2.75) is 13.3 Å². The van der Waals surface area contributed by atoms with Crippen molar-refractivity contribution < 1.29 is 17.9 Å². The minimum atomic E-state index is -4.74. The van der Waals surface area contributed by atoms with Gasteiger partial charge in [0, 0.05) is 11.9 Å². The summed E-state index contributed by atoms with van der Waals surface area (Å²) in [7, 11) is 0. The topological polar surface area (TPSA) is 57.9 Å². The van der Waals surface area contributed by atoms with E-state index in [0.717, 1.165) is 0 Å². The van der Waals surface area contributed by atoms with Crippen LogP contribution in [0.3, 0.4) is 0 Å². The van der Waals surface area contributed by atoms with E-state index >= 15 is 0 Å². The van der Waals surface area contributed by atoms with Crippen molar-refractivity contribution >= 4 is 23.0 Å². The number of nitrogens with zero attached hydrogens (tertiary/aromatic N) is 2. The molecule has 0 spiro atoms. The van der Waals surface area contributed by atoms with Gasteiger partial charge in [0.25, 0.3) is 0 Å². The Hall–Kier alpha value is -2.46. The third-order valence-electron chi connectivity index (χ3n) is 2.72. The van der Waals surface area contributed by atoms with Crippen LogP contribution in [0.1, 0.15) is 11.1 Å². The fraction of sp³-hybridized carbons (Fsp3) is 0.143. The van der Waals surface area contributed by atoms with Crippen LogP contribution >= 0.6 is 11.6 Å². The van der Waals surface area contributed by atoms with E-state index in [2.05, 4.69) is 15.0 Å². The van der Waals surface area contributed by atoms with Crippen LogP contribution in [0.2, 0.25) is 5.15 Å². The number of pyridine rings is 1. The van der Waals surface area contributed by atoms with Crippen molar-refractivity contribution in [3.63, 3.8) is 0 Å². The van der Waals surface area contributed by atoms with Gasteiger partial charge in [0.1, 0.15) is 22.5 Å². The van der Waals surface area contributed by atoms with E-state index in [9.17, 15) is 13.2 Å². The van der Waals surface area contributed by atoms with Crippen LogP contribution in [0.4, 0.5) is 24.5 Å². The van der Waals surface area contributed by atoms with Crippen molar-refractivity contribution in [2.75, 3.05) is 5.32 Å². The molecule has 2 aromatic rings. The maximum absolute atomic E-state index is 12.2. The summed E-state index contributed by atoms with van der Waals surface area (Å²) in [6.07, 6.45) is -3.32. The number of aromatic nitrogens is 1. The summed E-state index contributed by atoms with van der Waals surface area (Å²) in [5.74, 6) is -0.316. The highest BCUT2D eigenvalue weighted by Crippen LogP contribution is 2.30. The number of rotatable bonds is 3. The molecule has 0 fully saturated rings. The molecule has 1 N–H and O–H groups in total. The Morgan fingerprint density at radius 2 is 2.00 bits per heavy atom. The van der Waals surface area contributed by atoms with Crippen molar-refractivity contribution in [3.8, 4) is 11.8 Å². The Morgan fingerprint density at radius 3 is 2.59 bits per heavy atom. The lowest BCUT2D eigenvalue weighted by Crippen LogP contribution is -2.17. The number of hydrogen-bond acceptors (Lipinski definition) is 4. The molecule has 0 amide bonds. The maximum Gasteiger partial charge on any atom is 0.573 e. The molecule has 1 aromatic carbocycles. The van der Waals surface area contributed by atoms with Crippen LogP contribution in [0.25, 0.3) is 0 Å². The number of anilines is 2. The summed E-state index contributed by atoms with van der Waals surface area (Å²) >= 11 is 5.81. The average Bonchev–Trinajstić information content (AvgIpc) is 2.40. The molecule has 4 nitrogen and oxygen atoms in total. The number of benzene rings is 1. The third-order valence-corrected chi connectivity index (χ3v) is 3.00. The van der Waals surface area contributed by atoms with Gasteiger partial charge in [-0.1, -0.05) is 11.6 Å². The van der Waals surface area contributed by atoms with E-state index in [1.54, 1.807) is 13.0 Å². The predicted molar refractivity (Wildman–Crippen MR) is 75.1 cm³/mol. The molecule has 0 bridgehead atoms. The van der Waals surface area contributed by atoms with Crippen molar-refractivity contribution in [1.82, 2.24) is 4.98 Å². The summed E-state index contributed by atoms with van der Waals surface area (Å²) in [6, 6.07) is 7.30. The first kappa shape index (κ1) is 15.9. The minimum Gasteiger partial charge on any atom is -0.406 e. The summed E-state index contributed by atoms with van der Waals surface area (Å²) < 4.78 is 40.3. The molecule has 0 aliphatic rings. The van der Waals surface area contributed by atoms with Gasteiger partial charge in [-0.2, -0.15) is 5.26 Å². The van der Waals surface area contributed by atoms with Gasteiger partial charge in [-0.25, -0.2) is 4.98 Å². The first-order valence-corrected chi connectivity index (χ1v) is 6.36. The normalized spacial score (nSPS) is 10.9. The molecule has 0 unspecified atom stereocenters. The highest BCUT2D eigenvalue weighted by atomic mass is 35.5. The predicted octanol–water partition coefficient (Wildman–Crippen LogP) is 4.56. The molecule has 114 valence electrons. The van der Waals surface area contributed by atoms with Crippen LogP contribution in [-0.2, 0) is 0 Å². The number of alkyl halides is 3. The Labute approximate surface area is 129 Å². The van der Waals surface area contributed by atoms with E-state index in [4.69, 9.17) is 16.9 Å². The molecule has 1 heterocycles. The highest BCUT2D eigenvalue weighted by Gasteiger charge is 2.31.